The van der Waals surface area contributed by atoms with E-state index in [1.54, 1.807) is 37.3 Å². The van der Waals surface area contributed by atoms with Crippen LogP contribution in [0.25, 0.3) is 22.2 Å². The van der Waals surface area contributed by atoms with Gasteiger partial charge >= 0.3 is 0 Å². The molecule has 10 heteroatoms. The maximum Gasteiger partial charge on any atom is 0.291 e. The molecule has 0 bridgehead atoms. The number of nitriles is 2. The van der Waals surface area contributed by atoms with Gasteiger partial charge in [-0.1, -0.05) is 42.5 Å². The number of fused-ring (bicyclic) bond motifs is 1. The van der Waals surface area contributed by atoms with Crippen LogP contribution in [-0.4, -0.2) is 36.8 Å². The summed E-state index contributed by atoms with van der Waals surface area (Å²) in [5, 5.41) is 45.4. The smallest absolute Gasteiger partial charge is 0.291 e. The number of hydrogen-bond donors (Lipinski definition) is 3. The van der Waals surface area contributed by atoms with E-state index in [-0.39, 0.29) is 39.7 Å². The molecule has 39 heavy (non-hydrogen) atoms. The fourth-order valence-electron chi connectivity index (χ4n) is 4.08. The second-order valence-electron chi connectivity index (χ2n) is 8.41. The molecule has 2 aromatic heterocycles. The van der Waals surface area contributed by atoms with Crippen molar-refractivity contribution in [1.82, 2.24) is 14.6 Å². The number of aromatic nitrogens is 3. The van der Waals surface area contributed by atoms with Crippen LogP contribution in [0.2, 0.25) is 0 Å². The Morgan fingerprint density at radius 2 is 1.62 bits per heavy atom. The molecule has 0 spiro atoms. The fraction of sp³-hybridized carbons (Fsp3) is 0.0345. The number of H-pyrrole nitrogens is 1. The molecule has 2 heterocycles. The molecule has 0 unspecified atom stereocenters. The number of nitrogens with one attached hydrogen (secondary N) is 1. The Labute approximate surface area is 221 Å². The van der Waals surface area contributed by atoms with Crippen molar-refractivity contribution in [3.63, 3.8) is 0 Å². The highest BCUT2D eigenvalue weighted by molar-refractivity contribution is 5.98. The molecule has 0 aliphatic rings. The van der Waals surface area contributed by atoms with Gasteiger partial charge in [-0.15, -0.1) is 0 Å². The zero-order chi connectivity index (χ0) is 27.5. The lowest BCUT2D eigenvalue weighted by atomic mass is 9.96. The van der Waals surface area contributed by atoms with Crippen LogP contribution in [0.4, 0.5) is 5.82 Å². The van der Waals surface area contributed by atoms with Crippen molar-refractivity contribution in [3.05, 3.63) is 106 Å². The first-order chi connectivity index (χ1) is 18.9. The van der Waals surface area contributed by atoms with Gasteiger partial charge in [-0.2, -0.15) is 20.3 Å². The standard InChI is InChI=1S/C29H19N7O3/c1-17(27-33-22-10-4-5-11-23(22)34-27)35-36-28(32-16-18-8-2-6-12-24(18)37)20(14-30)26(21(15-31)29(36)39)19-9-3-7-13-25(19)38/h2-13,16,37-38H,1H3,(H,33,34)/b32-16+,35-17+. The molecule has 3 aromatic carbocycles. The Hall–Kier alpha value is -6.00. The van der Waals surface area contributed by atoms with Crippen molar-refractivity contribution in [1.29, 1.82) is 10.5 Å². The van der Waals surface area contributed by atoms with Gasteiger partial charge < -0.3 is 15.2 Å². The Kier molecular flexibility index (Phi) is 6.43. The molecule has 5 aromatic rings. The van der Waals surface area contributed by atoms with Crippen LogP contribution in [0.15, 0.2) is 87.7 Å². The molecule has 10 nitrogen and oxygen atoms in total. The molecule has 0 aliphatic carbocycles. The fourth-order valence-corrected chi connectivity index (χ4v) is 4.08. The summed E-state index contributed by atoms with van der Waals surface area (Å²) in [4.78, 5) is 25.7. The van der Waals surface area contributed by atoms with E-state index >= 15 is 0 Å². The van der Waals surface area contributed by atoms with Crippen LogP contribution in [0, 0.1) is 22.7 Å². The maximum absolute atomic E-state index is 13.7. The third kappa shape index (κ3) is 4.50. The first-order valence-corrected chi connectivity index (χ1v) is 11.7. The predicted molar refractivity (Wildman–Crippen MR) is 146 cm³/mol. The lowest BCUT2D eigenvalue weighted by Gasteiger charge is -2.14. The molecule has 0 amide bonds. The number of benzene rings is 3. The number of aliphatic imine (C=N–C) groups is 1. The first kappa shape index (κ1) is 24.7. The van der Waals surface area contributed by atoms with E-state index in [4.69, 9.17) is 0 Å². The molecule has 0 aliphatic heterocycles. The first-order valence-electron chi connectivity index (χ1n) is 11.7. The van der Waals surface area contributed by atoms with Crippen molar-refractivity contribution in [3.8, 4) is 34.8 Å². The summed E-state index contributed by atoms with van der Waals surface area (Å²) in [6.45, 7) is 1.62. The van der Waals surface area contributed by atoms with Crippen molar-refractivity contribution in [2.45, 2.75) is 6.92 Å². The van der Waals surface area contributed by atoms with Gasteiger partial charge in [0.2, 0.25) is 0 Å². The van der Waals surface area contributed by atoms with Crippen molar-refractivity contribution < 1.29 is 10.2 Å². The van der Waals surface area contributed by atoms with Gasteiger partial charge in [0.05, 0.1) is 11.0 Å². The number of hydrogen-bond acceptors (Lipinski definition) is 8. The van der Waals surface area contributed by atoms with Gasteiger partial charge in [-0.25, -0.2) is 9.98 Å². The van der Waals surface area contributed by atoms with Crippen molar-refractivity contribution >= 4 is 28.8 Å². The number of phenolic OH excluding ortho intramolecular Hbond substituents is 2. The highest BCUT2D eigenvalue weighted by atomic mass is 16.3. The van der Waals surface area contributed by atoms with E-state index < -0.39 is 11.1 Å². The van der Waals surface area contributed by atoms with E-state index in [9.17, 15) is 25.5 Å². The number of aromatic hydroxyl groups is 2. The van der Waals surface area contributed by atoms with Crippen LogP contribution >= 0.6 is 0 Å². The molecule has 3 N–H and O–H groups in total. The molecule has 0 radical (unpaired) electrons. The summed E-state index contributed by atoms with van der Waals surface area (Å²) < 4.78 is 0.861. The summed E-state index contributed by atoms with van der Waals surface area (Å²) in [5.41, 5.74) is 0.704. The maximum atomic E-state index is 13.7. The lowest BCUT2D eigenvalue weighted by Crippen LogP contribution is -2.23. The number of phenols is 2. The lowest BCUT2D eigenvalue weighted by molar-refractivity contribution is 0.474. The summed E-state index contributed by atoms with van der Waals surface area (Å²) in [7, 11) is 0. The van der Waals surface area contributed by atoms with Gasteiger partial charge in [0.15, 0.2) is 11.6 Å². The zero-order valence-corrected chi connectivity index (χ0v) is 20.5. The summed E-state index contributed by atoms with van der Waals surface area (Å²) >= 11 is 0. The quantitative estimate of drug-likeness (QED) is 0.291. The van der Waals surface area contributed by atoms with Gasteiger partial charge in [0, 0.05) is 22.9 Å². The van der Waals surface area contributed by atoms with E-state index in [0.29, 0.717) is 16.9 Å². The number of para-hydroxylation sites is 4. The third-order valence-corrected chi connectivity index (χ3v) is 5.97. The van der Waals surface area contributed by atoms with Crippen LogP contribution in [0.1, 0.15) is 29.4 Å². The largest absolute Gasteiger partial charge is 0.507 e. The zero-order valence-electron chi connectivity index (χ0n) is 20.5. The minimum Gasteiger partial charge on any atom is -0.507 e. The predicted octanol–water partition coefficient (Wildman–Crippen LogP) is 4.57. The van der Waals surface area contributed by atoms with E-state index in [0.717, 1.165) is 10.2 Å². The van der Waals surface area contributed by atoms with E-state index in [1.807, 2.05) is 36.4 Å². The summed E-state index contributed by atoms with van der Waals surface area (Å²) in [6.07, 6.45) is 1.29. The Balaban J connectivity index is 1.82. The monoisotopic (exact) mass is 513 g/mol. The van der Waals surface area contributed by atoms with E-state index in [2.05, 4.69) is 20.1 Å². The number of rotatable bonds is 5. The van der Waals surface area contributed by atoms with Crippen molar-refractivity contribution in [2.24, 2.45) is 10.1 Å². The molecular weight excluding hydrogens is 494 g/mol. The second kappa shape index (κ2) is 10.2. The van der Waals surface area contributed by atoms with Crippen LogP contribution in [-0.2, 0) is 0 Å². The number of aromatic amines is 1. The Bertz CT molecular complexity index is 1920. The average Bonchev–Trinajstić information content (AvgIpc) is 3.39. The summed E-state index contributed by atoms with van der Waals surface area (Å²) in [6, 6.07) is 23.7. The molecule has 188 valence electrons. The average molecular weight is 514 g/mol. The van der Waals surface area contributed by atoms with Gasteiger partial charge in [0.25, 0.3) is 5.56 Å². The molecule has 5 rings (SSSR count). The minimum absolute atomic E-state index is 0.0646. The highest BCUT2D eigenvalue weighted by Gasteiger charge is 2.25. The minimum atomic E-state index is -0.852. The van der Waals surface area contributed by atoms with Crippen LogP contribution in [0.5, 0.6) is 11.5 Å². The Morgan fingerprint density at radius 3 is 2.31 bits per heavy atom. The molecular formula is C29H19N7O3. The highest BCUT2D eigenvalue weighted by Crippen LogP contribution is 2.36. The number of pyridine rings is 1. The van der Waals surface area contributed by atoms with Gasteiger partial charge in [-0.3, -0.25) is 4.79 Å². The third-order valence-electron chi connectivity index (χ3n) is 5.97. The SMILES string of the molecule is C/C(=N\n1c(/N=C/c2ccccc2O)c(C#N)c(-c2ccccc2O)c(C#N)c1=O)c1nc2ccccc2[nH]1. The Morgan fingerprint density at radius 1 is 0.949 bits per heavy atom. The normalized spacial score (nSPS) is 11.5. The number of nitrogens with zero attached hydrogens (tertiary/aromatic N) is 6. The van der Waals surface area contributed by atoms with Crippen LogP contribution in [0.3, 0.4) is 0 Å². The van der Waals surface area contributed by atoms with Gasteiger partial charge in [-0.05, 0) is 37.3 Å². The molecule has 0 saturated heterocycles. The molecule has 0 saturated carbocycles. The molecule has 0 fully saturated rings. The van der Waals surface area contributed by atoms with Crippen molar-refractivity contribution in [2.75, 3.05) is 0 Å². The number of imidazole rings is 1. The van der Waals surface area contributed by atoms with Crippen LogP contribution < -0.4 is 5.56 Å². The van der Waals surface area contributed by atoms with E-state index in [1.165, 1.54) is 24.4 Å². The second-order valence-corrected chi connectivity index (χ2v) is 8.41. The summed E-state index contributed by atoms with van der Waals surface area (Å²) in [5.74, 6) is -0.107. The topological polar surface area (TPSA) is 163 Å². The van der Waals surface area contributed by atoms with Gasteiger partial charge in [0.1, 0.15) is 40.5 Å². The molecule has 0 atom stereocenters.